The molecule has 1 saturated heterocycles. The maximum Gasteiger partial charge on any atom is 0.150 e. The Morgan fingerprint density at radius 3 is 2.88 bits per heavy atom. The predicted molar refractivity (Wildman–Crippen MR) is 67.4 cm³/mol. The molecule has 90 valence electrons. The van der Waals surface area contributed by atoms with Crippen LogP contribution < -0.4 is 5.73 Å². The number of rotatable bonds is 3. The maximum atomic E-state index is 11.3. The second-order valence-corrected chi connectivity index (χ2v) is 7.95. The standard InChI is InChI=1S/C11H17NO2S2/c1-8-4-10(6-15-8)11(12)5-9-2-3-16(13,14)7-9/h4,6,9,11H,2-3,5,7,12H2,1H3. The molecule has 0 amide bonds. The Labute approximate surface area is 101 Å². The molecule has 0 saturated carbocycles. The van der Waals surface area contributed by atoms with Gasteiger partial charge in [-0.3, -0.25) is 0 Å². The first kappa shape index (κ1) is 12.1. The lowest BCUT2D eigenvalue weighted by atomic mass is 9.96. The van der Waals surface area contributed by atoms with Gasteiger partial charge in [0, 0.05) is 10.9 Å². The SMILES string of the molecule is Cc1cc(C(N)CC2CCS(=O)(=O)C2)cs1. The van der Waals surface area contributed by atoms with E-state index < -0.39 is 9.84 Å². The van der Waals surface area contributed by atoms with E-state index in [1.165, 1.54) is 4.88 Å². The summed E-state index contributed by atoms with van der Waals surface area (Å²) in [6.45, 7) is 2.06. The van der Waals surface area contributed by atoms with Crippen LogP contribution in [-0.2, 0) is 9.84 Å². The number of aryl methyl sites for hydroxylation is 1. The summed E-state index contributed by atoms with van der Waals surface area (Å²) in [6.07, 6.45) is 1.56. The van der Waals surface area contributed by atoms with E-state index in [0.717, 1.165) is 18.4 Å². The van der Waals surface area contributed by atoms with E-state index in [1.807, 2.05) is 0 Å². The van der Waals surface area contributed by atoms with Crippen molar-refractivity contribution in [3.63, 3.8) is 0 Å². The van der Waals surface area contributed by atoms with Crippen molar-refractivity contribution in [3.05, 3.63) is 21.9 Å². The number of thiophene rings is 1. The molecule has 2 atom stereocenters. The molecule has 2 N–H and O–H groups in total. The highest BCUT2D eigenvalue weighted by molar-refractivity contribution is 7.91. The maximum absolute atomic E-state index is 11.3. The molecule has 1 aromatic heterocycles. The fraction of sp³-hybridized carbons (Fsp3) is 0.636. The van der Waals surface area contributed by atoms with Crippen LogP contribution in [0.25, 0.3) is 0 Å². The molecule has 16 heavy (non-hydrogen) atoms. The second kappa shape index (κ2) is 4.47. The largest absolute Gasteiger partial charge is 0.324 e. The van der Waals surface area contributed by atoms with Crippen LogP contribution in [0.5, 0.6) is 0 Å². The first-order chi connectivity index (χ1) is 7.46. The Morgan fingerprint density at radius 1 is 1.62 bits per heavy atom. The molecule has 2 rings (SSSR count). The molecule has 3 nitrogen and oxygen atoms in total. The molecule has 1 aliphatic heterocycles. The molecular formula is C11H17NO2S2. The topological polar surface area (TPSA) is 60.2 Å². The minimum atomic E-state index is -2.77. The zero-order valence-electron chi connectivity index (χ0n) is 9.35. The smallest absolute Gasteiger partial charge is 0.150 e. The third-order valence-electron chi connectivity index (χ3n) is 3.09. The van der Waals surface area contributed by atoms with Crippen LogP contribution in [0.4, 0.5) is 0 Å². The van der Waals surface area contributed by atoms with Gasteiger partial charge >= 0.3 is 0 Å². The number of hydrogen-bond donors (Lipinski definition) is 1. The first-order valence-electron chi connectivity index (χ1n) is 5.47. The number of nitrogens with two attached hydrogens (primary N) is 1. The molecule has 2 unspecified atom stereocenters. The van der Waals surface area contributed by atoms with Gasteiger partial charge in [-0.15, -0.1) is 11.3 Å². The summed E-state index contributed by atoms with van der Waals surface area (Å²) >= 11 is 1.69. The van der Waals surface area contributed by atoms with Gasteiger partial charge in [0.05, 0.1) is 11.5 Å². The van der Waals surface area contributed by atoms with Gasteiger partial charge in [0.2, 0.25) is 0 Å². The molecule has 0 aromatic carbocycles. The lowest BCUT2D eigenvalue weighted by molar-refractivity contribution is 0.482. The van der Waals surface area contributed by atoms with Gasteiger partial charge in [0.1, 0.15) is 0 Å². The van der Waals surface area contributed by atoms with Crippen LogP contribution in [0.2, 0.25) is 0 Å². The summed E-state index contributed by atoms with van der Waals surface area (Å²) < 4.78 is 22.6. The molecule has 1 fully saturated rings. The van der Waals surface area contributed by atoms with Crippen molar-refractivity contribution in [3.8, 4) is 0 Å². The lowest BCUT2D eigenvalue weighted by Gasteiger charge is -2.14. The minimum absolute atomic E-state index is 0.0109. The van der Waals surface area contributed by atoms with Gasteiger partial charge in [-0.25, -0.2) is 8.42 Å². The normalized spacial score (nSPS) is 25.8. The van der Waals surface area contributed by atoms with Gasteiger partial charge < -0.3 is 5.73 Å². The molecule has 0 radical (unpaired) electrons. The highest BCUT2D eigenvalue weighted by Gasteiger charge is 2.29. The third-order valence-corrected chi connectivity index (χ3v) is 5.81. The average molecular weight is 259 g/mol. The van der Waals surface area contributed by atoms with Crippen LogP contribution in [0, 0.1) is 12.8 Å². The van der Waals surface area contributed by atoms with Crippen molar-refractivity contribution in [2.24, 2.45) is 11.7 Å². The quantitative estimate of drug-likeness (QED) is 0.901. The van der Waals surface area contributed by atoms with Crippen molar-refractivity contribution < 1.29 is 8.42 Å². The van der Waals surface area contributed by atoms with E-state index in [9.17, 15) is 8.42 Å². The molecule has 1 aliphatic rings. The molecule has 1 aromatic rings. The summed E-state index contributed by atoms with van der Waals surface area (Å²) in [5.74, 6) is 0.914. The monoisotopic (exact) mass is 259 g/mol. The van der Waals surface area contributed by atoms with Crippen LogP contribution >= 0.6 is 11.3 Å². The second-order valence-electron chi connectivity index (χ2n) is 4.60. The Balaban J connectivity index is 1.96. The van der Waals surface area contributed by atoms with E-state index in [1.54, 1.807) is 11.3 Å². The van der Waals surface area contributed by atoms with Gasteiger partial charge in [0.15, 0.2) is 9.84 Å². The number of hydrogen-bond acceptors (Lipinski definition) is 4. The fourth-order valence-corrected chi connectivity index (χ4v) is 4.86. The third kappa shape index (κ3) is 2.84. The molecule has 0 spiro atoms. The Hall–Kier alpha value is -0.390. The van der Waals surface area contributed by atoms with E-state index >= 15 is 0 Å². The van der Waals surface area contributed by atoms with Crippen molar-refractivity contribution in [2.75, 3.05) is 11.5 Å². The highest BCUT2D eigenvalue weighted by Crippen LogP contribution is 2.29. The molecule has 5 heteroatoms. The zero-order valence-corrected chi connectivity index (χ0v) is 11.0. The van der Waals surface area contributed by atoms with Crippen molar-refractivity contribution in [1.29, 1.82) is 0 Å². The molecule has 0 aliphatic carbocycles. The van der Waals surface area contributed by atoms with Crippen LogP contribution in [0.1, 0.15) is 29.3 Å². The van der Waals surface area contributed by atoms with Crippen molar-refractivity contribution >= 4 is 21.2 Å². The van der Waals surface area contributed by atoms with Crippen molar-refractivity contribution in [1.82, 2.24) is 0 Å². The molecule has 0 bridgehead atoms. The summed E-state index contributed by atoms with van der Waals surface area (Å²) in [5, 5.41) is 2.07. The average Bonchev–Trinajstić information content (AvgIpc) is 2.73. The Bertz CT molecular complexity index is 464. The Kier molecular flexibility index (Phi) is 3.37. The van der Waals surface area contributed by atoms with E-state index in [4.69, 9.17) is 5.73 Å². The Morgan fingerprint density at radius 2 is 2.38 bits per heavy atom. The van der Waals surface area contributed by atoms with Crippen LogP contribution in [0.3, 0.4) is 0 Å². The number of sulfone groups is 1. The zero-order chi connectivity index (χ0) is 11.8. The summed E-state index contributed by atoms with van der Waals surface area (Å²) in [5.41, 5.74) is 7.23. The summed E-state index contributed by atoms with van der Waals surface area (Å²) in [6, 6.07) is 2.09. The molecular weight excluding hydrogens is 242 g/mol. The predicted octanol–water partition coefficient (Wildman–Crippen LogP) is 1.88. The molecule has 2 heterocycles. The van der Waals surface area contributed by atoms with Gasteiger partial charge in [-0.1, -0.05) is 0 Å². The van der Waals surface area contributed by atoms with Crippen LogP contribution in [-0.4, -0.2) is 19.9 Å². The van der Waals surface area contributed by atoms with Crippen LogP contribution in [0.15, 0.2) is 11.4 Å². The van der Waals surface area contributed by atoms with E-state index in [0.29, 0.717) is 11.5 Å². The van der Waals surface area contributed by atoms with Gasteiger partial charge in [-0.2, -0.15) is 0 Å². The van der Waals surface area contributed by atoms with Gasteiger partial charge in [-0.05, 0) is 42.7 Å². The summed E-state index contributed by atoms with van der Waals surface area (Å²) in [4.78, 5) is 1.25. The lowest BCUT2D eigenvalue weighted by Crippen LogP contribution is -2.15. The first-order valence-corrected chi connectivity index (χ1v) is 8.17. The fourth-order valence-electron chi connectivity index (χ4n) is 2.21. The summed E-state index contributed by atoms with van der Waals surface area (Å²) in [7, 11) is -2.77. The minimum Gasteiger partial charge on any atom is -0.324 e. The highest BCUT2D eigenvalue weighted by atomic mass is 32.2. The van der Waals surface area contributed by atoms with Gasteiger partial charge in [0.25, 0.3) is 0 Å². The van der Waals surface area contributed by atoms with E-state index in [-0.39, 0.29) is 12.0 Å². The van der Waals surface area contributed by atoms with E-state index in [2.05, 4.69) is 18.4 Å². The van der Waals surface area contributed by atoms with Crippen molar-refractivity contribution in [2.45, 2.75) is 25.8 Å².